The number of benzene rings is 2. The van der Waals surface area contributed by atoms with Gasteiger partial charge in [-0.15, -0.1) is 0 Å². The summed E-state index contributed by atoms with van der Waals surface area (Å²) in [5.74, 6) is 0.885. The van der Waals surface area contributed by atoms with Gasteiger partial charge in [0.2, 0.25) is 5.69 Å². The minimum absolute atomic E-state index is 0.139. The molecular weight excluding hydrogens is 362 g/mol. The minimum Gasteiger partial charge on any atom is -0.198 e. The summed E-state index contributed by atoms with van der Waals surface area (Å²) < 4.78 is 2.38. The number of hydrogen-bond acceptors (Lipinski definition) is 0. The molecule has 1 heterocycles. The number of nitrogens with zero attached hydrogens (tertiary/aromatic N) is 1. The molecule has 0 N–H and O–H groups in total. The van der Waals surface area contributed by atoms with Crippen LogP contribution in [0.25, 0.3) is 22.0 Å². The molecule has 1 saturated carbocycles. The van der Waals surface area contributed by atoms with Crippen molar-refractivity contribution in [3.05, 3.63) is 64.3 Å². The lowest BCUT2D eigenvalue weighted by molar-refractivity contribution is -0.665. The van der Waals surface area contributed by atoms with Crippen molar-refractivity contribution >= 4 is 10.8 Å². The van der Waals surface area contributed by atoms with Crippen LogP contribution in [0.4, 0.5) is 0 Å². The molecule has 1 heteroatoms. The van der Waals surface area contributed by atoms with Gasteiger partial charge in [0.25, 0.3) is 0 Å². The highest BCUT2D eigenvalue weighted by molar-refractivity contribution is 5.94. The van der Waals surface area contributed by atoms with Gasteiger partial charge in [-0.1, -0.05) is 64.7 Å². The van der Waals surface area contributed by atoms with Gasteiger partial charge in [0.1, 0.15) is 7.05 Å². The van der Waals surface area contributed by atoms with Crippen LogP contribution in [-0.2, 0) is 18.9 Å². The first kappa shape index (κ1) is 21.1. The predicted octanol–water partition coefficient (Wildman–Crippen LogP) is 7.29. The Morgan fingerprint density at radius 3 is 2.30 bits per heavy atom. The molecule has 30 heavy (non-hydrogen) atoms. The number of aryl methyl sites for hydroxylation is 2. The van der Waals surface area contributed by atoms with Gasteiger partial charge < -0.3 is 0 Å². The standard InChI is InChI=1S/C29H38N/c1-19-14-25(29(4,5)6)18-27(21(19)3)28-26-13-12-23(16-22-10-8-9-11-22)17-24(26)15-20(2)30(28)7/h12-15,17-18,22H,8-11,16H2,1-7H3/q+1. The molecule has 158 valence electrons. The number of aromatic nitrogens is 1. The molecule has 1 nitrogen and oxygen atoms in total. The van der Waals surface area contributed by atoms with Gasteiger partial charge in [0, 0.05) is 13.0 Å². The van der Waals surface area contributed by atoms with E-state index in [4.69, 9.17) is 0 Å². The summed E-state index contributed by atoms with van der Waals surface area (Å²) >= 11 is 0. The van der Waals surface area contributed by atoms with Crippen LogP contribution in [0.2, 0.25) is 0 Å². The molecule has 3 aromatic rings. The van der Waals surface area contributed by atoms with Gasteiger partial charge in [-0.05, 0) is 71.4 Å². The average Bonchev–Trinajstić information content (AvgIpc) is 3.18. The quantitative estimate of drug-likeness (QED) is 0.406. The van der Waals surface area contributed by atoms with Crippen molar-refractivity contribution in [2.45, 2.75) is 79.1 Å². The van der Waals surface area contributed by atoms with Gasteiger partial charge in [0.05, 0.1) is 10.9 Å². The van der Waals surface area contributed by atoms with Crippen LogP contribution in [0.5, 0.6) is 0 Å². The molecule has 2 aromatic carbocycles. The summed E-state index contributed by atoms with van der Waals surface area (Å²) in [6.45, 7) is 13.7. The summed E-state index contributed by atoms with van der Waals surface area (Å²) in [6, 6.07) is 14.4. The Morgan fingerprint density at radius 1 is 0.933 bits per heavy atom. The number of fused-ring (bicyclic) bond motifs is 1. The third kappa shape index (κ3) is 3.92. The second-order valence-corrected chi connectivity index (χ2v) is 10.7. The SMILES string of the molecule is Cc1cc(C(C)(C)C)cc(-c2c3ccc(CC4CCCC4)cc3cc(C)[n+]2C)c1C. The molecule has 0 atom stereocenters. The maximum atomic E-state index is 2.46. The van der Waals surface area contributed by atoms with Crippen LogP contribution in [0, 0.1) is 26.7 Å². The van der Waals surface area contributed by atoms with Crippen molar-refractivity contribution in [1.82, 2.24) is 0 Å². The molecule has 1 aromatic heterocycles. The monoisotopic (exact) mass is 400 g/mol. The second kappa shape index (κ2) is 7.84. The van der Waals surface area contributed by atoms with Crippen LogP contribution in [-0.4, -0.2) is 0 Å². The average molecular weight is 401 g/mol. The Morgan fingerprint density at radius 2 is 1.63 bits per heavy atom. The zero-order valence-corrected chi connectivity index (χ0v) is 20.0. The lowest BCUT2D eigenvalue weighted by Crippen LogP contribution is -2.35. The van der Waals surface area contributed by atoms with Crippen LogP contribution in [0.3, 0.4) is 0 Å². The highest BCUT2D eigenvalue weighted by atomic mass is 14.9. The molecule has 0 saturated heterocycles. The van der Waals surface area contributed by atoms with Crippen LogP contribution in [0.15, 0.2) is 36.4 Å². The van der Waals surface area contributed by atoms with E-state index in [1.54, 1.807) is 0 Å². The molecule has 1 fully saturated rings. The molecular formula is C29H38N+. The number of hydrogen-bond donors (Lipinski definition) is 0. The first-order valence-corrected chi connectivity index (χ1v) is 11.7. The van der Waals surface area contributed by atoms with Crippen molar-refractivity contribution in [2.24, 2.45) is 13.0 Å². The van der Waals surface area contributed by atoms with E-state index in [0.29, 0.717) is 0 Å². The molecule has 4 rings (SSSR count). The highest BCUT2D eigenvalue weighted by Gasteiger charge is 2.24. The number of rotatable bonds is 3. The van der Waals surface area contributed by atoms with E-state index in [2.05, 4.69) is 89.6 Å². The van der Waals surface area contributed by atoms with Crippen molar-refractivity contribution in [2.75, 3.05) is 0 Å². The Hall–Kier alpha value is -2.15. The topological polar surface area (TPSA) is 3.88 Å². The molecule has 1 aliphatic rings. The fraction of sp³-hybridized carbons (Fsp3) is 0.483. The molecule has 1 aliphatic carbocycles. The van der Waals surface area contributed by atoms with Crippen LogP contribution >= 0.6 is 0 Å². The Labute approximate surface area is 183 Å². The van der Waals surface area contributed by atoms with Crippen molar-refractivity contribution in [3.63, 3.8) is 0 Å². The smallest absolute Gasteiger partial charge is 0.198 e. The lowest BCUT2D eigenvalue weighted by Gasteiger charge is -2.22. The van der Waals surface area contributed by atoms with E-state index in [-0.39, 0.29) is 5.41 Å². The summed E-state index contributed by atoms with van der Waals surface area (Å²) in [4.78, 5) is 0. The maximum Gasteiger partial charge on any atom is 0.220 e. The minimum atomic E-state index is 0.139. The molecule has 0 radical (unpaired) electrons. The van der Waals surface area contributed by atoms with Gasteiger partial charge in [-0.2, -0.15) is 4.57 Å². The normalized spacial score (nSPS) is 15.3. The van der Waals surface area contributed by atoms with E-state index < -0.39 is 0 Å². The zero-order chi connectivity index (χ0) is 21.6. The molecule has 0 bridgehead atoms. The van der Waals surface area contributed by atoms with Crippen molar-refractivity contribution in [3.8, 4) is 11.3 Å². The Balaban J connectivity index is 1.90. The maximum absolute atomic E-state index is 2.46. The van der Waals surface area contributed by atoms with E-state index in [0.717, 1.165) is 5.92 Å². The third-order valence-electron chi connectivity index (χ3n) is 7.39. The van der Waals surface area contributed by atoms with Gasteiger partial charge in [-0.25, -0.2) is 0 Å². The van der Waals surface area contributed by atoms with E-state index in [9.17, 15) is 0 Å². The summed E-state index contributed by atoms with van der Waals surface area (Å²) in [7, 11) is 2.22. The van der Waals surface area contributed by atoms with Gasteiger partial charge >= 0.3 is 0 Å². The first-order chi connectivity index (χ1) is 14.1. The molecule has 0 amide bonds. The largest absolute Gasteiger partial charge is 0.220 e. The number of pyridine rings is 1. The molecule has 0 unspecified atom stereocenters. The second-order valence-electron chi connectivity index (χ2n) is 10.7. The molecule has 0 spiro atoms. The van der Waals surface area contributed by atoms with E-state index >= 15 is 0 Å². The summed E-state index contributed by atoms with van der Waals surface area (Å²) in [5, 5.41) is 2.75. The fourth-order valence-electron chi connectivity index (χ4n) is 5.17. The molecule has 0 aliphatic heterocycles. The zero-order valence-electron chi connectivity index (χ0n) is 20.0. The van der Waals surface area contributed by atoms with Crippen LogP contribution in [0.1, 0.15) is 74.4 Å². The first-order valence-electron chi connectivity index (χ1n) is 11.7. The van der Waals surface area contributed by atoms with Crippen molar-refractivity contribution in [1.29, 1.82) is 0 Å². The third-order valence-corrected chi connectivity index (χ3v) is 7.39. The summed E-state index contributed by atoms with van der Waals surface area (Å²) in [6.07, 6.45) is 6.89. The highest BCUT2D eigenvalue weighted by Crippen LogP contribution is 2.35. The van der Waals surface area contributed by atoms with E-state index in [1.165, 1.54) is 82.1 Å². The van der Waals surface area contributed by atoms with Gasteiger partial charge in [0.15, 0.2) is 5.69 Å². The van der Waals surface area contributed by atoms with E-state index in [1.807, 2.05) is 0 Å². The van der Waals surface area contributed by atoms with Crippen LogP contribution < -0.4 is 4.57 Å². The van der Waals surface area contributed by atoms with Crippen molar-refractivity contribution < 1.29 is 4.57 Å². The predicted molar refractivity (Wildman–Crippen MR) is 129 cm³/mol. The lowest BCUT2D eigenvalue weighted by atomic mass is 9.82. The Kier molecular flexibility index (Phi) is 5.51. The Bertz CT molecular complexity index is 1090. The fourth-order valence-corrected chi connectivity index (χ4v) is 5.17. The van der Waals surface area contributed by atoms with Gasteiger partial charge in [-0.3, -0.25) is 0 Å². The summed E-state index contributed by atoms with van der Waals surface area (Å²) in [5.41, 5.74) is 9.86.